The van der Waals surface area contributed by atoms with Crippen LogP contribution in [0.15, 0.2) is 132 Å². The monoisotopic (exact) mass is 893 g/mol. The van der Waals surface area contributed by atoms with E-state index in [-0.39, 0.29) is 55.1 Å². The Morgan fingerprint density at radius 3 is 2.30 bits per heavy atom. The minimum Gasteiger partial charge on any atom is -0.506 e. The van der Waals surface area contributed by atoms with Crippen LogP contribution >= 0.6 is 0 Å². The number of phenols is 1. The SMILES string of the molecule is CCN(CCOC(=O)c1ccc(COc2cccc(C(NC(=O)O[C@H]3CN4CCC3CC4)c3ccccc3)c2)cc1)C(=O)c1ccc(CNC[C@@H](O)c2ccc(O)c3[nH]c(=O)ccc23)cc1. The first-order valence-corrected chi connectivity index (χ1v) is 22.5. The Bertz CT molecular complexity index is 2670. The first kappa shape index (κ1) is 45.6. The number of fused-ring (bicyclic) bond motifs is 4. The summed E-state index contributed by atoms with van der Waals surface area (Å²) in [5.41, 5.74) is 4.89. The van der Waals surface area contributed by atoms with E-state index in [2.05, 4.69) is 20.5 Å². The molecule has 3 fully saturated rings. The molecular weight excluding hydrogens is 839 g/mol. The molecule has 3 aliphatic rings. The standard InChI is InChI=1S/C52H55N5O9/c1-2-57(50(61)38-15-11-34(12-16-38)30-53-31-45(59)42-19-21-44(58)49-43(42)20-22-47(60)54-49)27-28-64-51(62)39-17-13-35(14-18-39)33-65-41-10-6-9-40(29-41)48(37-7-4-3-5-8-37)55-52(63)66-46-32-56-25-23-36(46)24-26-56/h3-22,29,36,45-46,48,53,58-59H,2,23-28,30-33H2,1H3,(H,54,60)(H,55,63)/t45-,46+,48?/m1/s1. The molecule has 66 heavy (non-hydrogen) atoms. The van der Waals surface area contributed by atoms with E-state index in [0.717, 1.165) is 54.7 Å². The van der Waals surface area contributed by atoms with Crippen LogP contribution in [0.3, 0.4) is 0 Å². The predicted octanol–water partition coefficient (Wildman–Crippen LogP) is 6.86. The molecule has 0 spiro atoms. The molecule has 0 radical (unpaired) electrons. The molecule has 3 aliphatic heterocycles. The van der Waals surface area contributed by atoms with Gasteiger partial charge in [-0.15, -0.1) is 0 Å². The first-order valence-electron chi connectivity index (χ1n) is 22.5. The number of carbonyl (C=O) groups excluding carboxylic acids is 3. The van der Waals surface area contributed by atoms with E-state index in [9.17, 15) is 29.4 Å². The number of aliphatic hydroxyl groups is 1. The third-order valence-corrected chi connectivity index (χ3v) is 12.4. The topological polar surface area (TPSA) is 183 Å². The molecule has 14 heteroatoms. The second-order valence-corrected chi connectivity index (χ2v) is 16.8. The molecule has 5 N–H and O–H groups in total. The van der Waals surface area contributed by atoms with Crippen molar-refractivity contribution in [1.82, 2.24) is 25.4 Å². The van der Waals surface area contributed by atoms with Crippen molar-refractivity contribution in [2.24, 2.45) is 5.92 Å². The van der Waals surface area contributed by atoms with Crippen LogP contribution in [0.1, 0.15) is 80.4 Å². The summed E-state index contributed by atoms with van der Waals surface area (Å²) in [6.45, 7) is 6.34. The molecular formula is C52H55N5O9. The van der Waals surface area contributed by atoms with E-state index >= 15 is 0 Å². The second kappa shape index (κ2) is 21.3. The fraction of sp³-hybridized carbons (Fsp3) is 0.308. The van der Waals surface area contributed by atoms with Gasteiger partial charge in [0.1, 0.15) is 30.8 Å². The number of hydrogen-bond acceptors (Lipinski definition) is 11. The number of aromatic hydroxyl groups is 1. The molecule has 5 aromatic carbocycles. The van der Waals surface area contributed by atoms with Gasteiger partial charge in [-0.05, 0) is 115 Å². The first-order chi connectivity index (χ1) is 32.1. The van der Waals surface area contributed by atoms with Crippen LogP contribution < -0.4 is 20.9 Å². The van der Waals surface area contributed by atoms with Gasteiger partial charge in [-0.25, -0.2) is 9.59 Å². The number of benzene rings is 5. The largest absolute Gasteiger partial charge is 0.506 e. The maximum Gasteiger partial charge on any atom is 0.408 e. The van der Waals surface area contributed by atoms with Gasteiger partial charge < -0.3 is 44.9 Å². The summed E-state index contributed by atoms with van der Waals surface area (Å²) >= 11 is 0. The highest BCUT2D eigenvalue weighted by atomic mass is 16.6. The second-order valence-electron chi connectivity index (χ2n) is 16.8. The van der Waals surface area contributed by atoms with Crippen molar-refractivity contribution in [3.8, 4) is 11.5 Å². The van der Waals surface area contributed by atoms with Crippen LogP contribution in [-0.2, 0) is 22.6 Å². The lowest BCUT2D eigenvalue weighted by atomic mass is 9.86. The Morgan fingerprint density at radius 1 is 0.848 bits per heavy atom. The van der Waals surface area contributed by atoms with Gasteiger partial charge in [-0.1, -0.05) is 72.8 Å². The summed E-state index contributed by atoms with van der Waals surface area (Å²) in [7, 11) is 0. The number of carbonyl (C=O) groups is 3. The molecule has 342 valence electrons. The Morgan fingerprint density at radius 2 is 1.58 bits per heavy atom. The highest BCUT2D eigenvalue weighted by Crippen LogP contribution is 2.32. The van der Waals surface area contributed by atoms with Crippen LogP contribution in [-0.4, -0.2) is 94.9 Å². The van der Waals surface area contributed by atoms with Crippen molar-refractivity contribution in [2.75, 3.05) is 45.9 Å². The smallest absolute Gasteiger partial charge is 0.408 e. The van der Waals surface area contributed by atoms with Gasteiger partial charge in [0, 0.05) is 43.2 Å². The number of esters is 1. The zero-order valence-corrected chi connectivity index (χ0v) is 36.9. The molecule has 3 atom stereocenters. The predicted molar refractivity (Wildman–Crippen MR) is 249 cm³/mol. The lowest BCUT2D eigenvalue weighted by Crippen LogP contribution is -2.52. The third kappa shape index (κ3) is 11.3. The van der Waals surface area contributed by atoms with Crippen LogP contribution in [0.5, 0.6) is 11.5 Å². The number of nitrogens with one attached hydrogen (secondary N) is 3. The molecule has 0 saturated carbocycles. The Hall–Kier alpha value is -7.00. The highest BCUT2D eigenvalue weighted by Gasteiger charge is 2.37. The van der Waals surface area contributed by atoms with Crippen molar-refractivity contribution in [3.05, 3.63) is 177 Å². The molecule has 2 bridgehead atoms. The number of alkyl carbamates (subject to hydrolysis) is 1. The molecule has 1 aromatic heterocycles. The Labute approximate surface area is 383 Å². The van der Waals surface area contributed by atoms with Crippen molar-refractivity contribution >= 4 is 28.9 Å². The van der Waals surface area contributed by atoms with E-state index in [1.54, 1.807) is 41.3 Å². The number of hydrogen-bond donors (Lipinski definition) is 5. The molecule has 1 unspecified atom stereocenters. The zero-order chi connectivity index (χ0) is 46.0. The number of phenolic OH excluding ortho intramolecular Hbond substituents is 1. The number of nitrogens with zero attached hydrogens (tertiary/aromatic N) is 2. The molecule has 6 aromatic rings. The van der Waals surface area contributed by atoms with E-state index in [1.165, 1.54) is 12.1 Å². The summed E-state index contributed by atoms with van der Waals surface area (Å²) < 4.78 is 17.7. The number of amides is 2. The van der Waals surface area contributed by atoms with E-state index in [0.29, 0.717) is 46.8 Å². The molecule has 0 aliphatic carbocycles. The van der Waals surface area contributed by atoms with Crippen LogP contribution in [0.4, 0.5) is 4.79 Å². The number of ether oxygens (including phenoxy) is 3. The average Bonchev–Trinajstić information content (AvgIpc) is 3.35. The van der Waals surface area contributed by atoms with E-state index in [1.807, 2.05) is 85.8 Å². The molecule has 3 saturated heterocycles. The van der Waals surface area contributed by atoms with Crippen molar-refractivity contribution in [3.63, 3.8) is 0 Å². The number of H-pyrrole nitrogens is 1. The number of likely N-dealkylation sites (N-methyl/N-ethyl adjacent to an activating group) is 1. The highest BCUT2D eigenvalue weighted by molar-refractivity contribution is 5.94. The van der Waals surface area contributed by atoms with Gasteiger partial charge in [-0.3, -0.25) is 14.5 Å². The zero-order valence-electron chi connectivity index (χ0n) is 36.9. The van der Waals surface area contributed by atoms with E-state index < -0.39 is 24.2 Å². The minimum atomic E-state index is -0.898. The number of aromatic amines is 1. The van der Waals surface area contributed by atoms with Gasteiger partial charge in [0.2, 0.25) is 5.56 Å². The van der Waals surface area contributed by atoms with Gasteiger partial charge in [0.05, 0.1) is 29.8 Å². The summed E-state index contributed by atoms with van der Waals surface area (Å²) in [4.78, 5) is 57.9. The lowest BCUT2D eigenvalue weighted by molar-refractivity contribution is -0.0336. The Kier molecular flexibility index (Phi) is 14.7. The summed E-state index contributed by atoms with van der Waals surface area (Å²) in [6.07, 6.45) is 0.678. The quantitative estimate of drug-likeness (QED) is 0.0569. The van der Waals surface area contributed by atoms with Gasteiger partial charge in [0.25, 0.3) is 5.91 Å². The van der Waals surface area contributed by atoms with Crippen LogP contribution in [0.25, 0.3) is 10.9 Å². The number of aromatic nitrogens is 1. The van der Waals surface area contributed by atoms with Crippen molar-refractivity contribution < 1.29 is 38.8 Å². The number of piperidine rings is 3. The fourth-order valence-electron chi connectivity index (χ4n) is 8.72. The maximum absolute atomic E-state index is 13.4. The van der Waals surface area contributed by atoms with Crippen LogP contribution in [0.2, 0.25) is 0 Å². The third-order valence-electron chi connectivity index (χ3n) is 12.4. The summed E-state index contributed by atoms with van der Waals surface area (Å²) in [5.74, 6) is 0.272. The average molecular weight is 894 g/mol. The molecule has 2 amide bonds. The molecule has 9 rings (SSSR count). The maximum atomic E-state index is 13.4. The summed E-state index contributed by atoms with van der Waals surface area (Å²) in [5, 5.41) is 27.9. The van der Waals surface area contributed by atoms with Gasteiger partial charge in [0.15, 0.2) is 0 Å². The van der Waals surface area contributed by atoms with Crippen LogP contribution in [0, 0.1) is 5.92 Å². The molecule has 14 nitrogen and oxygen atoms in total. The summed E-state index contributed by atoms with van der Waals surface area (Å²) in [6, 6.07) is 37.1. The van der Waals surface area contributed by atoms with Gasteiger partial charge in [-0.2, -0.15) is 0 Å². The number of aliphatic hydroxyl groups excluding tert-OH is 1. The van der Waals surface area contributed by atoms with Crippen molar-refractivity contribution in [1.29, 1.82) is 0 Å². The Balaban J connectivity index is 0.782. The van der Waals surface area contributed by atoms with Crippen molar-refractivity contribution in [2.45, 2.75) is 51.2 Å². The van der Waals surface area contributed by atoms with E-state index in [4.69, 9.17) is 14.2 Å². The molecule has 4 heterocycles. The van der Waals surface area contributed by atoms with Gasteiger partial charge >= 0.3 is 12.1 Å². The fourth-order valence-corrected chi connectivity index (χ4v) is 8.72. The normalized spacial score (nSPS) is 17.4. The number of rotatable bonds is 18. The minimum absolute atomic E-state index is 0.0204. The number of pyridine rings is 1. The lowest BCUT2D eigenvalue weighted by Gasteiger charge is -2.43.